The second-order valence-electron chi connectivity index (χ2n) is 7.15. The monoisotopic (exact) mass is 376 g/mol. The molecule has 0 fully saturated rings. The molecule has 0 aliphatic rings. The molecule has 6 heteroatoms. The third-order valence-electron chi connectivity index (χ3n) is 4.66. The van der Waals surface area contributed by atoms with E-state index in [1.165, 1.54) is 19.3 Å². The largest absolute Gasteiger partial charge is 0.493 e. The maximum Gasteiger partial charge on any atom is 0.267 e. The van der Waals surface area contributed by atoms with Crippen LogP contribution in [0.1, 0.15) is 56.4 Å². The molecule has 1 aromatic heterocycles. The van der Waals surface area contributed by atoms with Crippen molar-refractivity contribution in [3.63, 3.8) is 0 Å². The first-order valence-electron chi connectivity index (χ1n) is 9.61. The van der Waals surface area contributed by atoms with Gasteiger partial charge in [0.1, 0.15) is 5.69 Å². The van der Waals surface area contributed by atoms with E-state index in [1.807, 2.05) is 6.07 Å². The maximum absolute atomic E-state index is 12.5. The summed E-state index contributed by atoms with van der Waals surface area (Å²) in [4.78, 5) is 15.6. The Bertz CT molecular complexity index is 752. The minimum Gasteiger partial charge on any atom is -0.493 e. The molecular weight excluding hydrogens is 344 g/mol. The average Bonchev–Trinajstić information content (AvgIpc) is 3.08. The fourth-order valence-corrected chi connectivity index (χ4v) is 3.19. The summed E-state index contributed by atoms with van der Waals surface area (Å²) in [5.74, 6) is 2.24. The van der Waals surface area contributed by atoms with Crippen LogP contribution in [0.5, 0.6) is 17.2 Å². The number of rotatable bonds is 11. The zero-order valence-corrected chi connectivity index (χ0v) is 17.1. The van der Waals surface area contributed by atoms with Crippen LogP contribution in [0.3, 0.4) is 0 Å². The summed E-state index contributed by atoms with van der Waals surface area (Å²) < 4.78 is 16.2. The van der Waals surface area contributed by atoms with Crippen molar-refractivity contribution < 1.29 is 19.0 Å². The number of amides is 1. The number of ether oxygens (including phenoxy) is 3. The lowest BCUT2D eigenvalue weighted by Gasteiger charge is -2.12. The Morgan fingerprint density at radius 3 is 2.33 bits per heavy atom. The molecule has 0 aliphatic heterocycles. The average molecular weight is 376 g/mol. The van der Waals surface area contributed by atoms with Gasteiger partial charge in [-0.3, -0.25) is 4.79 Å². The number of H-pyrrole nitrogens is 1. The van der Waals surface area contributed by atoms with Crippen molar-refractivity contribution in [1.82, 2.24) is 10.3 Å². The van der Waals surface area contributed by atoms with Gasteiger partial charge in [-0.1, -0.05) is 39.5 Å². The molecule has 0 saturated carbocycles. The SMILES string of the molecule is COc1cc2cc(C(=O)NCCCCCCC(C)C)[nH]c2c(OC)c1OC. The molecule has 150 valence electrons. The number of carbonyl (C=O) groups excluding carboxylic acids is 1. The van der Waals surface area contributed by atoms with Gasteiger partial charge in [-0.2, -0.15) is 0 Å². The summed E-state index contributed by atoms with van der Waals surface area (Å²) in [6.07, 6.45) is 5.89. The topological polar surface area (TPSA) is 72.6 Å². The van der Waals surface area contributed by atoms with Crippen LogP contribution in [0.25, 0.3) is 10.9 Å². The zero-order valence-electron chi connectivity index (χ0n) is 17.1. The highest BCUT2D eigenvalue weighted by Gasteiger charge is 2.19. The molecule has 1 heterocycles. The normalized spacial score (nSPS) is 11.0. The molecule has 2 aromatic rings. The van der Waals surface area contributed by atoms with Crippen LogP contribution in [0, 0.1) is 5.92 Å². The first-order valence-corrected chi connectivity index (χ1v) is 9.61. The van der Waals surface area contributed by atoms with E-state index in [0.717, 1.165) is 24.1 Å². The van der Waals surface area contributed by atoms with Crippen LogP contribution in [0.15, 0.2) is 12.1 Å². The number of aromatic nitrogens is 1. The van der Waals surface area contributed by atoms with E-state index in [2.05, 4.69) is 24.1 Å². The van der Waals surface area contributed by atoms with E-state index in [-0.39, 0.29) is 5.91 Å². The fraction of sp³-hybridized carbons (Fsp3) is 0.571. The Labute approximate surface area is 161 Å². The summed E-state index contributed by atoms with van der Waals surface area (Å²) in [5, 5.41) is 3.82. The number of nitrogens with one attached hydrogen (secondary N) is 2. The summed E-state index contributed by atoms with van der Waals surface area (Å²) in [5.41, 5.74) is 1.22. The molecule has 0 spiro atoms. The predicted molar refractivity (Wildman–Crippen MR) is 108 cm³/mol. The predicted octanol–water partition coefficient (Wildman–Crippen LogP) is 4.53. The van der Waals surface area contributed by atoms with E-state index < -0.39 is 0 Å². The first-order chi connectivity index (χ1) is 13.0. The quantitative estimate of drug-likeness (QED) is 0.565. The molecule has 1 aromatic carbocycles. The van der Waals surface area contributed by atoms with Crippen molar-refractivity contribution in [2.45, 2.75) is 46.0 Å². The van der Waals surface area contributed by atoms with E-state index in [0.29, 0.717) is 35.0 Å². The van der Waals surface area contributed by atoms with Gasteiger partial charge in [-0.05, 0) is 24.5 Å². The maximum atomic E-state index is 12.5. The van der Waals surface area contributed by atoms with Gasteiger partial charge in [-0.15, -0.1) is 0 Å². The van der Waals surface area contributed by atoms with E-state index in [4.69, 9.17) is 14.2 Å². The second-order valence-corrected chi connectivity index (χ2v) is 7.15. The summed E-state index contributed by atoms with van der Waals surface area (Å²) in [6.45, 7) is 5.18. The third-order valence-corrected chi connectivity index (χ3v) is 4.66. The zero-order chi connectivity index (χ0) is 19.8. The molecule has 0 saturated heterocycles. The number of benzene rings is 1. The Balaban J connectivity index is 1.99. The van der Waals surface area contributed by atoms with Crippen molar-refractivity contribution in [2.24, 2.45) is 5.92 Å². The van der Waals surface area contributed by atoms with Crippen LogP contribution in [-0.4, -0.2) is 38.8 Å². The van der Waals surface area contributed by atoms with Crippen molar-refractivity contribution in [2.75, 3.05) is 27.9 Å². The van der Waals surface area contributed by atoms with Gasteiger partial charge in [0.25, 0.3) is 5.91 Å². The molecule has 0 atom stereocenters. The Morgan fingerprint density at radius 2 is 1.70 bits per heavy atom. The number of hydrogen-bond acceptors (Lipinski definition) is 4. The molecular formula is C21H32N2O4. The Hall–Kier alpha value is -2.37. The molecule has 0 unspecified atom stereocenters. The second kappa shape index (κ2) is 10.1. The summed E-state index contributed by atoms with van der Waals surface area (Å²) >= 11 is 0. The fourth-order valence-electron chi connectivity index (χ4n) is 3.19. The number of hydrogen-bond donors (Lipinski definition) is 2. The van der Waals surface area contributed by atoms with Gasteiger partial charge in [0, 0.05) is 11.9 Å². The minimum atomic E-state index is -0.117. The number of carbonyl (C=O) groups is 1. The van der Waals surface area contributed by atoms with E-state index in [1.54, 1.807) is 27.4 Å². The smallest absolute Gasteiger partial charge is 0.267 e. The van der Waals surface area contributed by atoms with Crippen LogP contribution < -0.4 is 19.5 Å². The molecule has 6 nitrogen and oxygen atoms in total. The molecule has 0 aliphatic carbocycles. The van der Waals surface area contributed by atoms with Gasteiger partial charge in [0.2, 0.25) is 5.75 Å². The van der Waals surface area contributed by atoms with Gasteiger partial charge in [0.15, 0.2) is 11.5 Å². The molecule has 0 radical (unpaired) electrons. The van der Waals surface area contributed by atoms with Crippen LogP contribution in [-0.2, 0) is 0 Å². The van der Waals surface area contributed by atoms with Gasteiger partial charge in [0.05, 0.1) is 26.8 Å². The lowest BCUT2D eigenvalue weighted by Crippen LogP contribution is -2.24. The highest BCUT2D eigenvalue weighted by molar-refractivity contribution is 6.00. The summed E-state index contributed by atoms with van der Waals surface area (Å²) in [6, 6.07) is 3.64. The molecule has 2 rings (SSSR count). The van der Waals surface area contributed by atoms with Gasteiger partial charge < -0.3 is 24.5 Å². The van der Waals surface area contributed by atoms with Crippen LogP contribution in [0.2, 0.25) is 0 Å². The molecule has 27 heavy (non-hydrogen) atoms. The summed E-state index contributed by atoms with van der Waals surface area (Å²) in [7, 11) is 4.70. The lowest BCUT2D eigenvalue weighted by molar-refractivity contribution is 0.0949. The highest BCUT2D eigenvalue weighted by atomic mass is 16.5. The lowest BCUT2D eigenvalue weighted by atomic mass is 10.0. The number of aromatic amines is 1. The van der Waals surface area contributed by atoms with Crippen molar-refractivity contribution in [3.8, 4) is 17.2 Å². The van der Waals surface area contributed by atoms with Crippen molar-refractivity contribution in [3.05, 3.63) is 17.8 Å². The number of fused-ring (bicyclic) bond motifs is 1. The van der Waals surface area contributed by atoms with Crippen LogP contribution in [0.4, 0.5) is 0 Å². The minimum absolute atomic E-state index is 0.117. The van der Waals surface area contributed by atoms with Crippen molar-refractivity contribution >= 4 is 16.8 Å². The van der Waals surface area contributed by atoms with Crippen LogP contribution >= 0.6 is 0 Å². The van der Waals surface area contributed by atoms with E-state index >= 15 is 0 Å². The Kier molecular flexibility index (Phi) is 7.82. The highest BCUT2D eigenvalue weighted by Crippen LogP contribution is 2.43. The third kappa shape index (κ3) is 5.31. The van der Waals surface area contributed by atoms with Crippen molar-refractivity contribution in [1.29, 1.82) is 0 Å². The van der Waals surface area contributed by atoms with Gasteiger partial charge in [-0.25, -0.2) is 0 Å². The van der Waals surface area contributed by atoms with E-state index in [9.17, 15) is 4.79 Å². The standard InChI is InChI=1S/C21H32N2O4/c1-14(2)10-8-6-7-9-11-22-21(24)16-12-15-13-17(25-3)19(26-4)20(27-5)18(15)23-16/h12-14,23H,6-11H2,1-5H3,(H,22,24). The van der Waals surface area contributed by atoms with Gasteiger partial charge >= 0.3 is 0 Å². The molecule has 1 amide bonds. The Morgan fingerprint density at radius 1 is 1.00 bits per heavy atom. The number of methoxy groups -OCH3 is 3. The number of unbranched alkanes of at least 4 members (excludes halogenated alkanes) is 3. The molecule has 2 N–H and O–H groups in total. The first kappa shape index (κ1) is 20.9. The molecule has 0 bridgehead atoms.